The second-order valence-electron chi connectivity index (χ2n) is 7.98. The summed E-state index contributed by atoms with van der Waals surface area (Å²) >= 11 is 0. The molecule has 3 N–H and O–H groups in total. The van der Waals surface area contributed by atoms with E-state index >= 15 is 0 Å². The number of nitrogens with zero attached hydrogens (tertiary/aromatic N) is 1. The Kier molecular flexibility index (Phi) is 6.21. The molecule has 3 rings (SSSR count). The topological polar surface area (TPSA) is 121 Å². The first-order valence-electron chi connectivity index (χ1n) is 9.94. The fourth-order valence-electron chi connectivity index (χ4n) is 3.63. The molecule has 0 unspecified atom stereocenters. The van der Waals surface area contributed by atoms with Gasteiger partial charge in [0.1, 0.15) is 5.76 Å². The number of hydrogen-bond acceptors (Lipinski definition) is 6. The molecule has 0 fully saturated rings. The van der Waals surface area contributed by atoms with Gasteiger partial charge in [-0.15, -0.1) is 0 Å². The highest BCUT2D eigenvalue weighted by molar-refractivity contribution is 7.89. The van der Waals surface area contributed by atoms with Gasteiger partial charge in [-0.3, -0.25) is 0 Å². The van der Waals surface area contributed by atoms with Gasteiger partial charge in [0.05, 0.1) is 5.71 Å². The van der Waals surface area contributed by atoms with Crippen molar-refractivity contribution in [1.29, 1.82) is 0 Å². The largest absolute Gasteiger partial charge is 0.447 e. The lowest BCUT2D eigenvalue weighted by atomic mass is 9.93. The molecule has 0 aliphatic heterocycles. The Bertz CT molecular complexity index is 1060. The molecule has 0 saturated carbocycles. The van der Waals surface area contributed by atoms with Gasteiger partial charge in [-0.2, -0.15) is 8.42 Å². The Balaban J connectivity index is 1.86. The number of para-hydroxylation sites is 1. The maximum atomic E-state index is 12.7. The summed E-state index contributed by atoms with van der Waals surface area (Å²) in [6.45, 7) is 8.03. The van der Waals surface area contributed by atoms with Gasteiger partial charge in [0.15, 0.2) is 0 Å². The Hall–Kier alpha value is -2.81. The van der Waals surface area contributed by atoms with E-state index in [1.54, 1.807) is 0 Å². The van der Waals surface area contributed by atoms with Crippen molar-refractivity contribution >= 4 is 27.5 Å². The predicted octanol–water partition coefficient (Wildman–Crippen LogP) is 4.55. The molecule has 9 heteroatoms. The smallest absolute Gasteiger partial charge is 0.333 e. The first-order valence-corrected chi connectivity index (χ1v) is 11.4. The number of fused-ring (bicyclic) bond motifs is 1. The number of urea groups is 1. The number of aryl methyl sites for hydroxylation is 1. The molecule has 1 heterocycles. The minimum Gasteiger partial charge on any atom is -0.447 e. The highest BCUT2D eigenvalue weighted by atomic mass is 32.2. The lowest BCUT2D eigenvalue weighted by Gasteiger charge is -2.20. The SMILES string of the molecule is CC(C)c1cccc(C(C)C)c1NC(=O)NS(=O)(=O)c1cc2c(o1)CCCC2=NO. The first-order chi connectivity index (χ1) is 14.1. The van der Waals surface area contributed by atoms with Gasteiger partial charge in [-0.05, 0) is 35.8 Å². The fraction of sp³-hybridized carbons (Fsp3) is 0.429. The van der Waals surface area contributed by atoms with Crippen LogP contribution in [-0.2, 0) is 16.4 Å². The van der Waals surface area contributed by atoms with Crippen LogP contribution >= 0.6 is 0 Å². The predicted molar refractivity (Wildman–Crippen MR) is 114 cm³/mol. The van der Waals surface area contributed by atoms with Crippen LogP contribution < -0.4 is 10.0 Å². The summed E-state index contributed by atoms with van der Waals surface area (Å²) in [6, 6.07) is 6.18. The maximum absolute atomic E-state index is 12.7. The molecule has 162 valence electrons. The van der Waals surface area contributed by atoms with Crippen molar-refractivity contribution in [2.45, 2.75) is 63.9 Å². The van der Waals surface area contributed by atoms with Crippen molar-refractivity contribution < 1.29 is 22.8 Å². The van der Waals surface area contributed by atoms with Crippen molar-refractivity contribution in [3.8, 4) is 0 Å². The van der Waals surface area contributed by atoms with Crippen LogP contribution in [0.4, 0.5) is 10.5 Å². The summed E-state index contributed by atoms with van der Waals surface area (Å²) in [4.78, 5) is 12.6. The zero-order valence-electron chi connectivity index (χ0n) is 17.5. The molecule has 1 aliphatic carbocycles. The summed E-state index contributed by atoms with van der Waals surface area (Å²) in [5.74, 6) is 0.717. The number of anilines is 1. The number of carbonyl (C=O) groups is 1. The lowest BCUT2D eigenvalue weighted by molar-refractivity contribution is 0.256. The number of furan rings is 1. The van der Waals surface area contributed by atoms with E-state index in [1.807, 2.05) is 50.6 Å². The van der Waals surface area contributed by atoms with Crippen molar-refractivity contribution in [2.75, 3.05) is 5.32 Å². The van der Waals surface area contributed by atoms with E-state index < -0.39 is 16.1 Å². The van der Waals surface area contributed by atoms with Crippen LogP contribution in [0, 0.1) is 0 Å². The molecule has 2 amide bonds. The first kappa shape index (κ1) is 21.9. The number of benzene rings is 1. The van der Waals surface area contributed by atoms with E-state index in [4.69, 9.17) is 9.62 Å². The molecule has 0 saturated heterocycles. The van der Waals surface area contributed by atoms with Crippen molar-refractivity contribution in [1.82, 2.24) is 4.72 Å². The van der Waals surface area contributed by atoms with Crippen LogP contribution in [0.3, 0.4) is 0 Å². The minimum absolute atomic E-state index is 0.142. The van der Waals surface area contributed by atoms with Gasteiger partial charge >= 0.3 is 6.03 Å². The number of rotatable bonds is 5. The molecule has 0 bridgehead atoms. The Labute approximate surface area is 176 Å². The van der Waals surface area contributed by atoms with E-state index in [0.29, 0.717) is 42.0 Å². The Morgan fingerprint density at radius 2 is 1.77 bits per heavy atom. The zero-order chi connectivity index (χ0) is 22.1. The highest BCUT2D eigenvalue weighted by Gasteiger charge is 2.29. The number of oxime groups is 1. The van der Waals surface area contributed by atoms with E-state index in [-0.39, 0.29) is 16.9 Å². The molecular formula is C21H27N3O5S. The molecule has 0 atom stereocenters. The number of amides is 2. The lowest BCUT2D eigenvalue weighted by Crippen LogP contribution is -2.34. The molecular weight excluding hydrogens is 406 g/mol. The second-order valence-corrected chi connectivity index (χ2v) is 9.60. The Morgan fingerprint density at radius 3 is 2.33 bits per heavy atom. The third-order valence-electron chi connectivity index (χ3n) is 5.14. The number of hydrogen-bond donors (Lipinski definition) is 3. The van der Waals surface area contributed by atoms with Gasteiger partial charge in [-0.1, -0.05) is 51.0 Å². The molecule has 0 spiro atoms. The van der Waals surface area contributed by atoms with E-state index in [0.717, 1.165) is 11.1 Å². The van der Waals surface area contributed by atoms with Crippen LogP contribution in [0.15, 0.2) is 38.9 Å². The standard InChI is InChI=1S/C21H27N3O5S/c1-12(2)14-7-5-8-15(13(3)4)20(14)22-21(25)24-30(27,28)19-11-16-17(23-26)9-6-10-18(16)29-19/h5,7-8,11-13,26H,6,9-10H2,1-4H3,(H2,22,24,25). The summed E-state index contributed by atoms with van der Waals surface area (Å²) < 4.78 is 32.9. The normalized spacial score (nSPS) is 15.5. The average molecular weight is 434 g/mol. The average Bonchev–Trinajstić information content (AvgIpc) is 3.12. The molecule has 8 nitrogen and oxygen atoms in total. The summed E-state index contributed by atoms with van der Waals surface area (Å²) in [6.07, 6.45) is 1.76. The van der Waals surface area contributed by atoms with E-state index in [9.17, 15) is 13.2 Å². The summed E-state index contributed by atoms with van der Waals surface area (Å²) in [5.41, 5.74) is 3.29. The number of nitrogens with one attached hydrogen (secondary N) is 2. The van der Waals surface area contributed by atoms with Gasteiger partial charge in [0.25, 0.3) is 10.0 Å². The highest BCUT2D eigenvalue weighted by Crippen LogP contribution is 2.32. The summed E-state index contributed by atoms with van der Waals surface area (Å²) in [5, 5.41) is 14.7. The van der Waals surface area contributed by atoms with Gasteiger partial charge in [0, 0.05) is 23.7 Å². The third kappa shape index (κ3) is 4.35. The molecule has 1 aromatic carbocycles. The van der Waals surface area contributed by atoms with Gasteiger partial charge < -0.3 is 14.9 Å². The van der Waals surface area contributed by atoms with Crippen LogP contribution in [0.2, 0.25) is 0 Å². The van der Waals surface area contributed by atoms with Crippen LogP contribution in [-0.4, -0.2) is 25.4 Å². The monoisotopic (exact) mass is 433 g/mol. The number of sulfonamides is 1. The molecule has 0 radical (unpaired) electrons. The summed E-state index contributed by atoms with van der Waals surface area (Å²) in [7, 11) is -4.24. The molecule has 30 heavy (non-hydrogen) atoms. The van der Waals surface area contributed by atoms with Crippen molar-refractivity contribution in [2.24, 2.45) is 5.16 Å². The van der Waals surface area contributed by atoms with Gasteiger partial charge in [-0.25, -0.2) is 9.52 Å². The zero-order valence-corrected chi connectivity index (χ0v) is 18.3. The van der Waals surface area contributed by atoms with E-state index in [2.05, 4.69) is 10.5 Å². The fourth-order valence-corrected chi connectivity index (χ4v) is 4.51. The second kappa shape index (κ2) is 8.51. The van der Waals surface area contributed by atoms with Crippen molar-refractivity contribution in [3.05, 3.63) is 46.7 Å². The molecule has 1 aliphatic rings. The molecule has 1 aromatic heterocycles. The van der Waals surface area contributed by atoms with Crippen LogP contribution in [0.25, 0.3) is 0 Å². The third-order valence-corrected chi connectivity index (χ3v) is 6.32. The van der Waals surface area contributed by atoms with E-state index in [1.165, 1.54) is 6.07 Å². The number of carbonyl (C=O) groups excluding carboxylic acids is 1. The van der Waals surface area contributed by atoms with Crippen molar-refractivity contribution in [3.63, 3.8) is 0 Å². The van der Waals surface area contributed by atoms with Crippen LogP contribution in [0.5, 0.6) is 0 Å². The van der Waals surface area contributed by atoms with Crippen LogP contribution in [0.1, 0.15) is 74.8 Å². The Morgan fingerprint density at radius 1 is 1.13 bits per heavy atom. The maximum Gasteiger partial charge on any atom is 0.333 e. The minimum atomic E-state index is -4.24. The van der Waals surface area contributed by atoms with Gasteiger partial charge in [0.2, 0.25) is 5.09 Å². The quantitative estimate of drug-likeness (QED) is 0.472. The molecule has 2 aromatic rings.